The second-order valence-corrected chi connectivity index (χ2v) is 6.44. The van der Waals surface area contributed by atoms with E-state index < -0.39 is 10.0 Å². The molecule has 0 spiro atoms. The van der Waals surface area contributed by atoms with E-state index in [1.165, 1.54) is 0 Å². The lowest BCUT2D eigenvalue weighted by molar-refractivity contribution is 0.366. The van der Waals surface area contributed by atoms with Gasteiger partial charge in [0, 0.05) is 18.6 Å². The molecule has 0 radical (unpaired) electrons. The van der Waals surface area contributed by atoms with Gasteiger partial charge < -0.3 is 5.32 Å². The number of rotatable bonds is 3. The molecule has 4 nitrogen and oxygen atoms in total. The highest BCUT2D eigenvalue weighted by Gasteiger charge is 2.37. The van der Waals surface area contributed by atoms with Crippen LogP contribution in [0, 0.1) is 0 Å². The van der Waals surface area contributed by atoms with Crippen molar-refractivity contribution in [1.82, 2.24) is 10.0 Å². The maximum atomic E-state index is 11.6. The quantitative estimate of drug-likeness (QED) is 0.712. The summed E-state index contributed by atoms with van der Waals surface area (Å²) in [5.41, 5.74) is 0. The van der Waals surface area contributed by atoms with Crippen LogP contribution < -0.4 is 10.0 Å². The topological polar surface area (TPSA) is 58.2 Å². The zero-order valence-corrected chi connectivity index (χ0v) is 9.31. The van der Waals surface area contributed by atoms with Crippen LogP contribution in [0.5, 0.6) is 0 Å². The Balaban J connectivity index is 1.85. The predicted octanol–water partition coefficient (Wildman–Crippen LogP) is 0.209. The minimum atomic E-state index is -2.99. The molecule has 5 heteroatoms. The minimum absolute atomic E-state index is 0.0955. The van der Waals surface area contributed by atoms with Gasteiger partial charge >= 0.3 is 0 Å². The maximum absolute atomic E-state index is 11.6. The zero-order chi connectivity index (χ0) is 10.2. The van der Waals surface area contributed by atoms with E-state index in [2.05, 4.69) is 17.0 Å². The number of hydrogen-bond donors (Lipinski definition) is 2. The number of nitrogens with one attached hydrogen (secondary N) is 2. The van der Waals surface area contributed by atoms with E-state index in [0.717, 1.165) is 32.2 Å². The molecule has 1 heterocycles. The molecular weight excluding hydrogens is 200 g/mol. The number of piperidine rings is 1. The Morgan fingerprint density at radius 1 is 1.21 bits per heavy atom. The SMILES string of the molecule is CC1CCC(NS(=O)(=O)C2CC2)CN1. The van der Waals surface area contributed by atoms with Crippen molar-refractivity contribution in [2.75, 3.05) is 6.54 Å². The Morgan fingerprint density at radius 2 is 1.93 bits per heavy atom. The van der Waals surface area contributed by atoms with Crippen molar-refractivity contribution in [1.29, 1.82) is 0 Å². The van der Waals surface area contributed by atoms with Gasteiger partial charge in [0.2, 0.25) is 10.0 Å². The van der Waals surface area contributed by atoms with Crippen LogP contribution in [0.2, 0.25) is 0 Å². The van der Waals surface area contributed by atoms with E-state index in [9.17, 15) is 8.42 Å². The molecule has 1 saturated heterocycles. The third kappa shape index (κ3) is 2.46. The molecule has 2 fully saturated rings. The average molecular weight is 218 g/mol. The molecule has 2 N–H and O–H groups in total. The first-order chi connectivity index (χ1) is 6.58. The van der Waals surface area contributed by atoms with E-state index in [1.54, 1.807) is 0 Å². The Bertz CT molecular complexity index is 290. The maximum Gasteiger partial charge on any atom is 0.214 e. The minimum Gasteiger partial charge on any atom is -0.313 e. The van der Waals surface area contributed by atoms with Gasteiger partial charge in [-0.05, 0) is 32.6 Å². The fourth-order valence-corrected chi connectivity index (χ4v) is 3.42. The monoisotopic (exact) mass is 218 g/mol. The predicted molar refractivity (Wildman–Crippen MR) is 55.6 cm³/mol. The summed E-state index contributed by atoms with van der Waals surface area (Å²) < 4.78 is 26.0. The number of hydrogen-bond acceptors (Lipinski definition) is 3. The van der Waals surface area contributed by atoms with Gasteiger partial charge in [-0.2, -0.15) is 0 Å². The van der Waals surface area contributed by atoms with Crippen LogP contribution in [0.15, 0.2) is 0 Å². The summed E-state index contributed by atoms with van der Waals surface area (Å²) in [6.07, 6.45) is 3.69. The van der Waals surface area contributed by atoms with E-state index in [4.69, 9.17) is 0 Å². The highest BCUT2D eigenvalue weighted by molar-refractivity contribution is 7.90. The third-order valence-electron chi connectivity index (χ3n) is 2.95. The largest absolute Gasteiger partial charge is 0.313 e. The molecular formula is C9H18N2O2S. The fourth-order valence-electron chi connectivity index (χ4n) is 1.81. The van der Waals surface area contributed by atoms with Gasteiger partial charge in [0.05, 0.1) is 5.25 Å². The van der Waals surface area contributed by atoms with Gasteiger partial charge in [0.25, 0.3) is 0 Å². The first kappa shape index (κ1) is 10.4. The van der Waals surface area contributed by atoms with Gasteiger partial charge in [-0.25, -0.2) is 13.1 Å². The van der Waals surface area contributed by atoms with Gasteiger partial charge in [-0.1, -0.05) is 0 Å². The Morgan fingerprint density at radius 3 is 2.43 bits per heavy atom. The van der Waals surface area contributed by atoms with Crippen molar-refractivity contribution >= 4 is 10.0 Å². The van der Waals surface area contributed by atoms with Crippen molar-refractivity contribution in [2.24, 2.45) is 0 Å². The Hall–Kier alpha value is -0.130. The van der Waals surface area contributed by atoms with Crippen molar-refractivity contribution in [2.45, 2.75) is 49.9 Å². The molecule has 2 rings (SSSR count). The average Bonchev–Trinajstić information content (AvgIpc) is 2.91. The third-order valence-corrected chi connectivity index (χ3v) is 4.97. The summed E-state index contributed by atoms with van der Waals surface area (Å²) in [6.45, 7) is 2.90. The molecule has 1 aliphatic heterocycles. The molecule has 0 aromatic carbocycles. The van der Waals surface area contributed by atoms with Gasteiger partial charge in [-0.3, -0.25) is 0 Å². The molecule has 1 aliphatic carbocycles. The molecule has 0 bridgehead atoms. The second kappa shape index (κ2) is 3.79. The highest BCUT2D eigenvalue weighted by atomic mass is 32.2. The van der Waals surface area contributed by atoms with Crippen LogP contribution in [0.1, 0.15) is 32.6 Å². The molecule has 1 saturated carbocycles. The normalized spacial score (nSPS) is 34.4. The van der Waals surface area contributed by atoms with Crippen LogP contribution in [0.4, 0.5) is 0 Å². The van der Waals surface area contributed by atoms with Crippen molar-refractivity contribution in [3.8, 4) is 0 Å². The van der Waals surface area contributed by atoms with Crippen molar-refractivity contribution < 1.29 is 8.42 Å². The summed E-state index contributed by atoms with van der Waals surface area (Å²) in [7, 11) is -2.99. The van der Waals surface area contributed by atoms with Crippen molar-refractivity contribution in [3.63, 3.8) is 0 Å². The first-order valence-electron chi connectivity index (χ1n) is 5.32. The molecule has 14 heavy (non-hydrogen) atoms. The second-order valence-electron chi connectivity index (χ2n) is 4.45. The highest BCUT2D eigenvalue weighted by Crippen LogP contribution is 2.28. The molecule has 0 aromatic rings. The summed E-state index contributed by atoms with van der Waals surface area (Å²) in [5.74, 6) is 0. The molecule has 0 amide bonds. The van der Waals surface area contributed by atoms with Crippen LogP contribution >= 0.6 is 0 Å². The lowest BCUT2D eigenvalue weighted by Crippen LogP contribution is -2.49. The number of sulfonamides is 1. The molecule has 82 valence electrons. The summed E-state index contributed by atoms with van der Waals surface area (Å²) in [5, 5.41) is 3.19. The molecule has 2 atom stereocenters. The van der Waals surface area contributed by atoms with E-state index in [1.807, 2.05) is 0 Å². The Kier molecular flexibility index (Phi) is 2.81. The van der Waals surface area contributed by atoms with Crippen LogP contribution in [0.25, 0.3) is 0 Å². The molecule has 2 aliphatic rings. The van der Waals surface area contributed by atoms with E-state index in [-0.39, 0.29) is 11.3 Å². The van der Waals surface area contributed by atoms with Gasteiger partial charge in [0.15, 0.2) is 0 Å². The summed E-state index contributed by atoms with van der Waals surface area (Å²) >= 11 is 0. The van der Waals surface area contributed by atoms with Crippen LogP contribution in [-0.4, -0.2) is 32.3 Å². The summed E-state index contributed by atoms with van der Waals surface area (Å²) in [4.78, 5) is 0. The Labute approximate surface area is 85.5 Å². The first-order valence-corrected chi connectivity index (χ1v) is 6.87. The van der Waals surface area contributed by atoms with Gasteiger partial charge in [0.1, 0.15) is 0 Å². The smallest absolute Gasteiger partial charge is 0.214 e. The fraction of sp³-hybridized carbons (Fsp3) is 1.00. The van der Waals surface area contributed by atoms with Crippen molar-refractivity contribution in [3.05, 3.63) is 0 Å². The van der Waals surface area contributed by atoms with Crippen LogP contribution in [-0.2, 0) is 10.0 Å². The lowest BCUT2D eigenvalue weighted by Gasteiger charge is -2.28. The van der Waals surface area contributed by atoms with Crippen LogP contribution in [0.3, 0.4) is 0 Å². The molecule has 2 unspecified atom stereocenters. The summed E-state index contributed by atoms with van der Waals surface area (Å²) in [6, 6.07) is 0.633. The van der Waals surface area contributed by atoms with E-state index in [0.29, 0.717) is 6.04 Å². The van der Waals surface area contributed by atoms with Gasteiger partial charge in [-0.15, -0.1) is 0 Å². The molecule has 0 aromatic heterocycles. The van der Waals surface area contributed by atoms with E-state index >= 15 is 0 Å². The standard InChI is InChI=1S/C9H18N2O2S/c1-7-2-3-8(6-10-7)11-14(12,13)9-4-5-9/h7-11H,2-6H2,1H3. The zero-order valence-electron chi connectivity index (χ0n) is 8.49. The lowest BCUT2D eigenvalue weighted by atomic mass is 10.0.